The van der Waals surface area contributed by atoms with Gasteiger partial charge in [-0.05, 0) is 17.7 Å². The van der Waals surface area contributed by atoms with Crippen LogP contribution in [0.5, 0.6) is 0 Å². The van der Waals surface area contributed by atoms with E-state index >= 15 is 0 Å². The first-order chi connectivity index (χ1) is 14.3. The Labute approximate surface area is 173 Å². The van der Waals surface area contributed by atoms with Crippen molar-refractivity contribution < 1.29 is 27.2 Å². The normalized spacial score (nSPS) is 11.3. The van der Waals surface area contributed by atoms with Crippen LogP contribution < -0.4 is 10.6 Å². The van der Waals surface area contributed by atoms with Crippen LogP contribution in [-0.4, -0.2) is 33.4 Å². The molecule has 11 heteroatoms. The van der Waals surface area contributed by atoms with Crippen LogP contribution in [0.3, 0.4) is 0 Å². The van der Waals surface area contributed by atoms with E-state index in [1.165, 1.54) is 12.5 Å². The highest BCUT2D eigenvalue weighted by molar-refractivity contribution is 7.99. The number of benzene rings is 1. The quantitative estimate of drug-likeness (QED) is 0.548. The number of urea groups is 1. The highest BCUT2D eigenvalue weighted by Gasteiger charge is 2.31. The van der Waals surface area contributed by atoms with Gasteiger partial charge in [-0.1, -0.05) is 42.1 Å². The van der Waals surface area contributed by atoms with E-state index in [0.29, 0.717) is 11.3 Å². The Morgan fingerprint density at radius 1 is 1.13 bits per heavy atom. The number of carbonyl (C=O) groups is 2. The van der Waals surface area contributed by atoms with E-state index in [4.69, 9.17) is 4.42 Å². The first kappa shape index (κ1) is 21.5. The summed E-state index contributed by atoms with van der Waals surface area (Å²) in [5, 5.41) is 4.57. The summed E-state index contributed by atoms with van der Waals surface area (Å²) >= 11 is 0.810. The number of nitrogens with zero attached hydrogens (tertiary/aromatic N) is 2. The highest BCUT2D eigenvalue weighted by Crippen LogP contribution is 2.29. The summed E-state index contributed by atoms with van der Waals surface area (Å²) in [6, 6.07) is 11.1. The van der Waals surface area contributed by atoms with Gasteiger partial charge in [0.25, 0.3) is 0 Å². The fraction of sp³-hybridized carbons (Fsp3) is 0.211. The summed E-state index contributed by atoms with van der Waals surface area (Å²) in [6.45, 7) is -1.15. The average molecular weight is 438 g/mol. The molecule has 1 aromatic carbocycles. The molecule has 3 rings (SSSR count). The Balaban J connectivity index is 1.62. The molecule has 0 bridgehead atoms. The molecule has 0 spiro atoms. The minimum Gasteiger partial charge on any atom is -0.467 e. The van der Waals surface area contributed by atoms with Gasteiger partial charge in [-0.2, -0.15) is 13.2 Å². The summed E-state index contributed by atoms with van der Waals surface area (Å²) in [7, 11) is 0. The molecule has 30 heavy (non-hydrogen) atoms. The van der Waals surface area contributed by atoms with Crippen molar-refractivity contribution in [3.8, 4) is 11.3 Å². The van der Waals surface area contributed by atoms with Crippen molar-refractivity contribution in [3.05, 3.63) is 60.7 Å². The van der Waals surface area contributed by atoms with Crippen LogP contribution in [0.2, 0.25) is 0 Å². The lowest BCUT2D eigenvalue weighted by Gasteiger charge is -2.14. The van der Waals surface area contributed by atoms with Gasteiger partial charge in [0.05, 0.1) is 30.5 Å². The van der Waals surface area contributed by atoms with Crippen LogP contribution in [0.4, 0.5) is 18.0 Å². The average Bonchev–Trinajstić information content (AvgIpc) is 3.34. The largest absolute Gasteiger partial charge is 0.467 e. The molecule has 0 saturated carbocycles. The molecule has 2 aromatic heterocycles. The van der Waals surface area contributed by atoms with Gasteiger partial charge in [0.2, 0.25) is 5.91 Å². The number of nitrogens with one attached hydrogen (secondary N) is 2. The predicted molar refractivity (Wildman–Crippen MR) is 104 cm³/mol. The second kappa shape index (κ2) is 9.53. The van der Waals surface area contributed by atoms with Crippen molar-refractivity contribution in [1.82, 2.24) is 20.2 Å². The van der Waals surface area contributed by atoms with Crippen molar-refractivity contribution in [2.45, 2.75) is 24.4 Å². The minimum absolute atomic E-state index is 0.0253. The van der Waals surface area contributed by atoms with Crippen molar-refractivity contribution in [2.75, 3.05) is 5.75 Å². The number of thioether (sulfide) groups is 1. The molecule has 0 saturated heterocycles. The molecule has 0 fully saturated rings. The Morgan fingerprint density at radius 2 is 1.90 bits per heavy atom. The molecule has 0 aliphatic carbocycles. The molecule has 0 aliphatic rings. The zero-order valence-corrected chi connectivity index (χ0v) is 16.3. The summed E-state index contributed by atoms with van der Waals surface area (Å²) in [5.41, 5.74) is 0.856. The third-order valence-corrected chi connectivity index (χ3v) is 4.81. The van der Waals surface area contributed by atoms with E-state index < -0.39 is 24.7 Å². The van der Waals surface area contributed by atoms with E-state index in [0.717, 1.165) is 16.3 Å². The molecule has 0 radical (unpaired) electrons. The number of furan rings is 1. The Morgan fingerprint density at radius 3 is 2.57 bits per heavy atom. The first-order valence-corrected chi connectivity index (χ1v) is 9.71. The number of hydrogen-bond donors (Lipinski definition) is 2. The van der Waals surface area contributed by atoms with Gasteiger partial charge in [0, 0.05) is 0 Å². The summed E-state index contributed by atoms with van der Waals surface area (Å²) < 4.78 is 45.3. The van der Waals surface area contributed by atoms with Gasteiger partial charge in [0.15, 0.2) is 5.16 Å². The second-order valence-electron chi connectivity index (χ2n) is 6.09. The highest BCUT2D eigenvalue weighted by atomic mass is 32.2. The molecule has 158 valence electrons. The van der Waals surface area contributed by atoms with E-state index in [-0.39, 0.29) is 23.1 Å². The Bertz CT molecular complexity index is 988. The van der Waals surface area contributed by atoms with Crippen molar-refractivity contribution in [2.24, 2.45) is 0 Å². The fourth-order valence-corrected chi connectivity index (χ4v) is 3.34. The molecule has 2 N–H and O–H groups in total. The van der Waals surface area contributed by atoms with Gasteiger partial charge in [-0.3, -0.25) is 10.1 Å². The van der Waals surface area contributed by atoms with Crippen LogP contribution in [0.15, 0.2) is 64.5 Å². The molecule has 2 heterocycles. The summed E-state index contributed by atoms with van der Waals surface area (Å²) in [4.78, 5) is 27.8. The van der Waals surface area contributed by atoms with Crippen LogP contribution in [0, 0.1) is 0 Å². The minimum atomic E-state index is -4.46. The molecule has 3 amide bonds. The molecule has 0 atom stereocenters. The lowest BCUT2D eigenvalue weighted by molar-refractivity contribution is -0.141. The number of rotatable bonds is 7. The molecular weight excluding hydrogens is 421 g/mol. The third-order valence-electron chi connectivity index (χ3n) is 3.81. The number of aromatic nitrogens is 2. The maximum Gasteiger partial charge on any atom is 0.406 e. The van der Waals surface area contributed by atoms with Crippen LogP contribution in [0.25, 0.3) is 11.3 Å². The molecular formula is C19H17F3N4O3S. The monoisotopic (exact) mass is 438 g/mol. The van der Waals surface area contributed by atoms with Crippen LogP contribution in [0.1, 0.15) is 5.76 Å². The Hall–Kier alpha value is -3.21. The zero-order chi connectivity index (χ0) is 21.6. The maximum atomic E-state index is 13.1. The van der Waals surface area contributed by atoms with Gasteiger partial charge in [-0.15, -0.1) is 0 Å². The maximum absolute atomic E-state index is 13.1. The van der Waals surface area contributed by atoms with Crippen molar-refractivity contribution in [3.63, 3.8) is 0 Å². The van der Waals surface area contributed by atoms with Crippen LogP contribution in [-0.2, 0) is 17.9 Å². The van der Waals surface area contributed by atoms with E-state index in [1.807, 2.05) is 0 Å². The predicted octanol–water partition coefficient (Wildman–Crippen LogP) is 3.82. The number of halogens is 3. The number of alkyl halides is 3. The summed E-state index contributed by atoms with van der Waals surface area (Å²) in [6.07, 6.45) is -1.69. The smallest absolute Gasteiger partial charge is 0.406 e. The fourth-order valence-electron chi connectivity index (χ4n) is 2.56. The number of imidazole rings is 1. The van der Waals surface area contributed by atoms with Gasteiger partial charge < -0.3 is 14.3 Å². The van der Waals surface area contributed by atoms with Crippen molar-refractivity contribution >= 4 is 23.7 Å². The topological polar surface area (TPSA) is 89.2 Å². The number of amides is 3. The second-order valence-corrected chi connectivity index (χ2v) is 7.03. The van der Waals surface area contributed by atoms with Gasteiger partial charge in [0.1, 0.15) is 12.3 Å². The molecule has 0 aliphatic heterocycles. The number of imide groups is 1. The van der Waals surface area contributed by atoms with Gasteiger partial charge >= 0.3 is 12.2 Å². The number of carbonyl (C=O) groups excluding carboxylic acids is 2. The zero-order valence-electron chi connectivity index (χ0n) is 15.5. The third kappa shape index (κ3) is 6.14. The van der Waals surface area contributed by atoms with Crippen molar-refractivity contribution in [1.29, 1.82) is 0 Å². The molecule has 0 unspecified atom stereocenters. The van der Waals surface area contributed by atoms with E-state index in [9.17, 15) is 22.8 Å². The SMILES string of the molecule is O=C(CSc1ncc(-c2ccccc2)n1CC(F)(F)F)NC(=O)NCc1ccco1. The first-order valence-electron chi connectivity index (χ1n) is 8.72. The molecule has 7 nitrogen and oxygen atoms in total. The lowest BCUT2D eigenvalue weighted by Crippen LogP contribution is -2.39. The van der Waals surface area contributed by atoms with Gasteiger partial charge in [-0.25, -0.2) is 9.78 Å². The summed E-state index contributed by atoms with van der Waals surface area (Å²) in [5.74, 6) is -0.438. The van der Waals surface area contributed by atoms with Crippen LogP contribution >= 0.6 is 11.8 Å². The van der Waals surface area contributed by atoms with E-state index in [1.54, 1.807) is 42.5 Å². The standard InChI is InChI=1S/C19H17F3N4O3S/c20-19(21,22)12-26-15(13-5-2-1-3-6-13)10-24-18(26)30-11-16(27)25-17(28)23-9-14-7-4-8-29-14/h1-8,10H,9,11-12H2,(H2,23,25,27,28). The number of hydrogen-bond acceptors (Lipinski definition) is 5. The Kier molecular flexibility index (Phi) is 6.83. The van der Waals surface area contributed by atoms with E-state index in [2.05, 4.69) is 15.6 Å². The lowest BCUT2D eigenvalue weighted by atomic mass is 10.2. The molecule has 3 aromatic rings.